The van der Waals surface area contributed by atoms with Gasteiger partial charge in [0.05, 0.1) is 18.3 Å². The van der Waals surface area contributed by atoms with Crippen LogP contribution >= 0.6 is 0 Å². The predicted molar refractivity (Wildman–Crippen MR) is 104 cm³/mol. The Hall–Kier alpha value is -3.54. The summed E-state index contributed by atoms with van der Waals surface area (Å²) in [6.07, 6.45) is 2.42. The topological polar surface area (TPSA) is 56.5 Å². The molecular weight excluding hydrogens is 357 g/mol. The van der Waals surface area contributed by atoms with Crippen LogP contribution < -0.4 is 0 Å². The van der Waals surface area contributed by atoms with E-state index in [0.29, 0.717) is 6.42 Å². The van der Waals surface area contributed by atoms with E-state index in [9.17, 15) is 9.18 Å². The quantitative estimate of drug-likeness (QED) is 0.501. The molecule has 0 saturated carbocycles. The van der Waals surface area contributed by atoms with Crippen molar-refractivity contribution in [2.24, 2.45) is 0 Å². The Labute approximate surface area is 161 Å². The van der Waals surface area contributed by atoms with Crippen molar-refractivity contribution in [1.82, 2.24) is 14.6 Å². The summed E-state index contributed by atoms with van der Waals surface area (Å²) in [5, 5.41) is 4.72. The SMILES string of the molecule is COC(=O)c1cccc(Cc2c(-c3ccc(F)cc3)nn3cc(C)ccc23)n1. The molecule has 0 atom stereocenters. The minimum absolute atomic E-state index is 0.260. The molecule has 28 heavy (non-hydrogen) atoms. The number of halogens is 1. The van der Waals surface area contributed by atoms with Crippen molar-refractivity contribution in [3.8, 4) is 11.3 Å². The molecule has 0 N–H and O–H groups in total. The minimum Gasteiger partial charge on any atom is -0.464 e. The van der Waals surface area contributed by atoms with Crippen LogP contribution in [0.5, 0.6) is 0 Å². The van der Waals surface area contributed by atoms with Crippen molar-refractivity contribution in [3.05, 3.63) is 89.1 Å². The van der Waals surface area contributed by atoms with Gasteiger partial charge >= 0.3 is 5.97 Å². The van der Waals surface area contributed by atoms with E-state index in [0.717, 1.165) is 33.6 Å². The summed E-state index contributed by atoms with van der Waals surface area (Å²) in [5.74, 6) is -0.770. The molecule has 0 aliphatic carbocycles. The van der Waals surface area contributed by atoms with Crippen LogP contribution in [0.1, 0.15) is 27.3 Å². The van der Waals surface area contributed by atoms with Crippen LogP contribution in [0.25, 0.3) is 16.8 Å². The molecule has 3 aromatic heterocycles. The Balaban J connectivity index is 1.84. The average molecular weight is 375 g/mol. The summed E-state index contributed by atoms with van der Waals surface area (Å²) in [5.41, 5.74) is 5.55. The zero-order valence-electron chi connectivity index (χ0n) is 15.5. The van der Waals surface area contributed by atoms with E-state index >= 15 is 0 Å². The number of ether oxygens (including phenoxy) is 1. The fraction of sp³-hybridized carbons (Fsp3) is 0.136. The van der Waals surface area contributed by atoms with Gasteiger partial charge < -0.3 is 4.74 Å². The number of carbonyl (C=O) groups is 1. The standard InChI is InChI=1S/C22H18FN3O2/c1-14-6-11-20-18(12-17-4-3-5-19(24-17)22(27)28-2)21(25-26(20)13-14)15-7-9-16(23)10-8-15/h3-11,13H,12H2,1-2H3. The lowest BCUT2D eigenvalue weighted by Crippen LogP contribution is -2.06. The number of aromatic nitrogens is 3. The second-order valence-electron chi connectivity index (χ2n) is 6.55. The van der Waals surface area contributed by atoms with E-state index in [4.69, 9.17) is 9.84 Å². The van der Waals surface area contributed by atoms with Crippen LogP contribution in [0.2, 0.25) is 0 Å². The van der Waals surface area contributed by atoms with Crippen molar-refractivity contribution in [2.45, 2.75) is 13.3 Å². The molecule has 0 bridgehead atoms. The number of rotatable bonds is 4. The van der Waals surface area contributed by atoms with Gasteiger partial charge in [0, 0.05) is 29.4 Å². The first-order valence-electron chi connectivity index (χ1n) is 8.83. The van der Waals surface area contributed by atoms with Gasteiger partial charge in [0.25, 0.3) is 0 Å². The molecular formula is C22H18FN3O2. The maximum Gasteiger partial charge on any atom is 0.356 e. The fourth-order valence-corrected chi connectivity index (χ4v) is 3.19. The third-order valence-electron chi connectivity index (χ3n) is 4.56. The van der Waals surface area contributed by atoms with Gasteiger partial charge in [0.2, 0.25) is 0 Å². The molecule has 0 radical (unpaired) electrons. The Morgan fingerprint density at radius 3 is 2.64 bits per heavy atom. The third kappa shape index (κ3) is 3.36. The Morgan fingerprint density at radius 2 is 1.89 bits per heavy atom. The zero-order chi connectivity index (χ0) is 19.7. The lowest BCUT2D eigenvalue weighted by atomic mass is 10.0. The summed E-state index contributed by atoms with van der Waals surface area (Å²) < 4.78 is 20.0. The first-order valence-corrected chi connectivity index (χ1v) is 8.83. The summed E-state index contributed by atoms with van der Waals surface area (Å²) in [4.78, 5) is 16.2. The molecule has 0 spiro atoms. The zero-order valence-corrected chi connectivity index (χ0v) is 15.5. The molecule has 1 aromatic carbocycles. The number of esters is 1. The molecule has 140 valence electrons. The van der Waals surface area contributed by atoms with Crippen LogP contribution in [-0.4, -0.2) is 27.7 Å². The summed E-state index contributed by atoms with van der Waals surface area (Å²) >= 11 is 0. The highest BCUT2D eigenvalue weighted by Crippen LogP contribution is 2.28. The van der Waals surface area contributed by atoms with Gasteiger partial charge in [-0.25, -0.2) is 18.7 Å². The Bertz CT molecular complexity index is 1170. The number of hydrogen-bond acceptors (Lipinski definition) is 4. The maximum absolute atomic E-state index is 13.4. The highest BCUT2D eigenvalue weighted by atomic mass is 19.1. The van der Waals surface area contributed by atoms with Gasteiger partial charge in [-0.3, -0.25) is 0 Å². The van der Waals surface area contributed by atoms with Crippen LogP contribution in [0.3, 0.4) is 0 Å². The molecule has 0 aliphatic rings. The number of pyridine rings is 2. The molecule has 0 saturated heterocycles. The van der Waals surface area contributed by atoms with E-state index < -0.39 is 5.97 Å². The molecule has 5 nitrogen and oxygen atoms in total. The fourth-order valence-electron chi connectivity index (χ4n) is 3.19. The van der Waals surface area contributed by atoms with Crippen molar-refractivity contribution in [3.63, 3.8) is 0 Å². The number of hydrogen-bond donors (Lipinski definition) is 0. The predicted octanol–water partition coefficient (Wildman–Crippen LogP) is 4.22. The molecule has 6 heteroatoms. The highest BCUT2D eigenvalue weighted by molar-refractivity contribution is 5.87. The number of nitrogens with zero attached hydrogens (tertiary/aromatic N) is 3. The van der Waals surface area contributed by atoms with E-state index in [-0.39, 0.29) is 11.5 Å². The summed E-state index contributed by atoms with van der Waals surface area (Å²) in [7, 11) is 1.33. The van der Waals surface area contributed by atoms with Crippen molar-refractivity contribution >= 4 is 11.5 Å². The van der Waals surface area contributed by atoms with Crippen LogP contribution in [0.4, 0.5) is 4.39 Å². The molecule has 0 aliphatic heterocycles. The first-order chi connectivity index (χ1) is 13.5. The van der Waals surface area contributed by atoms with Crippen LogP contribution in [0.15, 0.2) is 60.8 Å². The second-order valence-corrected chi connectivity index (χ2v) is 6.55. The van der Waals surface area contributed by atoms with Crippen LogP contribution in [0, 0.1) is 12.7 Å². The number of methoxy groups -OCH3 is 1. The largest absolute Gasteiger partial charge is 0.464 e. The number of aryl methyl sites for hydroxylation is 1. The van der Waals surface area contributed by atoms with E-state index in [1.165, 1.54) is 19.2 Å². The molecule has 0 fully saturated rings. The van der Waals surface area contributed by atoms with E-state index in [1.54, 1.807) is 24.3 Å². The van der Waals surface area contributed by atoms with Gasteiger partial charge in [-0.2, -0.15) is 5.10 Å². The Kier molecular flexibility index (Phi) is 4.61. The van der Waals surface area contributed by atoms with Crippen molar-refractivity contribution in [1.29, 1.82) is 0 Å². The summed E-state index contributed by atoms with van der Waals surface area (Å²) in [6, 6.07) is 15.6. The highest BCUT2D eigenvalue weighted by Gasteiger charge is 2.17. The third-order valence-corrected chi connectivity index (χ3v) is 4.56. The van der Waals surface area contributed by atoms with Gasteiger partial charge in [-0.1, -0.05) is 12.1 Å². The number of benzene rings is 1. The van der Waals surface area contributed by atoms with Crippen LogP contribution in [-0.2, 0) is 11.2 Å². The van der Waals surface area contributed by atoms with Crippen molar-refractivity contribution < 1.29 is 13.9 Å². The van der Waals surface area contributed by atoms with Crippen molar-refractivity contribution in [2.75, 3.05) is 7.11 Å². The van der Waals surface area contributed by atoms with E-state index in [1.807, 2.05) is 35.8 Å². The number of fused-ring (bicyclic) bond motifs is 1. The second kappa shape index (κ2) is 7.23. The Morgan fingerprint density at radius 1 is 1.11 bits per heavy atom. The van der Waals surface area contributed by atoms with Gasteiger partial charge in [-0.05, 0) is 55.0 Å². The molecule has 0 amide bonds. The molecule has 3 heterocycles. The van der Waals surface area contributed by atoms with Gasteiger partial charge in [-0.15, -0.1) is 0 Å². The van der Waals surface area contributed by atoms with Gasteiger partial charge in [0.1, 0.15) is 11.5 Å². The molecule has 0 unspecified atom stereocenters. The molecule has 4 rings (SSSR count). The monoisotopic (exact) mass is 375 g/mol. The minimum atomic E-state index is -0.476. The number of carbonyl (C=O) groups excluding carboxylic acids is 1. The maximum atomic E-state index is 13.4. The van der Waals surface area contributed by atoms with Gasteiger partial charge in [0.15, 0.2) is 0 Å². The first kappa shape index (κ1) is 17.9. The lowest BCUT2D eigenvalue weighted by molar-refractivity contribution is 0.0593. The average Bonchev–Trinajstić information content (AvgIpc) is 3.05. The summed E-state index contributed by atoms with van der Waals surface area (Å²) in [6.45, 7) is 2.00. The smallest absolute Gasteiger partial charge is 0.356 e. The van der Waals surface area contributed by atoms with E-state index in [2.05, 4.69) is 4.98 Å². The lowest BCUT2D eigenvalue weighted by Gasteiger charge is -2.06. The normalized spacial score (nSPS) is 11.0. The molecule has 4 aromatic rings.